The minimum Gasteiger partial charge on any atom is -0.497 e. The first kappa shape index (κ1) is 11.6. The van der Waals surface area contributed by atoms with E-state index in [9.17, 15) is 0 Å². The number of fused-ring (bicyclic) bond motifs is 4. The minimum absolute atomic E-state index is 0.588. The second-order valence-corrected chi connectivity index (χ2v) is 5.07. The minimum atomic E-state index is -0.588. The summed E-state index contributed by atoms with van der Waals surface area (Å²) in [5.74, 6) is 0.841. The molecule has 0 aromatic heterocycles. The number of nitrogens with one attached hydrogen (secondary N) is 1. The molecule has 4 rings (SSSR count). The van der Waals surface area contributed by atoms with E-state index >= 15 is 0 Å². The molecule has 0 saturated heterocycles. The second-order valence-electron chi connectivity index (χ2n) is 5.07. The summed E-state index contributed by atoms with van der Waals surface area (Å²) in [6.45, 7) is 0.806. The standard InChI is InChI=1S/C17H15NO2/c1-19-14-7-6-12-8-9-20-17(16(12)10-14)15-5-3-2-4-13(15)11-18-17/h2-10,18H,11H2,1H3. The van der Waals surface area contributed by atoms with Gasteiger partial charge < -0.3 is 9.47 Å². The number of hydrogen-bond donors (Lipinski definition) is 1. The van der Waals surface area contributed by atoms with Gasteiger partial charge in [0.25, 0.3) is 0 Å². The summed E-state index contributed by atoms with van der Waals surface area (Å²) in [6.07, 6.45) is 3.76. The topological polar surface area (TPSA) is 30.5 Å². The van der Waals surface area contributed by atoms with Crippen molar-refractivity contribution in [1.29, 1.82) is 0 Å². The van der Waals surface area contributed by atoms with Crippen LogP contribution in [-0.2, 0) is 17.0 Å². The van der Waals surface area contributed by atoms with Crippen LogP contribution < -0.4 is 10.1 Å². The molecule has 1 spiro atoms. The van der Waals surface area contributed by atoms with Crippen LogP contribution in [0, 0.1) is 0 Å². The van der Waals surface area contributed by atoms with Crippen LogP contribution in [0.15, 0.2) is 48.7 Å². The van der Waals surface area contributed by atoms with Crippen molar-refractivity contribution in [3.63, 3.8) is 0 Å². The Morgan fingerprint density at radius 3 is 2.95 bits per heavy atom. The van der Waals surface area contributed by atoms with Crippen LogP contribution in [0.25, 0.3) is 6.08 Å². The molecule has 2 aromatic rings. The van der Waals surface area contributed by atoms with Gasteiger partial charge in [0.05, 0.1) is 13.4 Å². The SMILES string of the molecule is COc1ccc2c(c1)C1(NCc3ccccc31)OC=C2. The van der Waals surface area contributed by atoms with Gasteiger partial charge in [0.15, 0.2) is 0 Å². The van der Waals surface area contributed by atoms with Gasteiger partial charge in [0.2, 0.25) is 5.72 Å². The van der Waals surface area contributed by atoms with Crippen molar-refractivity contribution in [2.45, 2.75) is 12.3 Å². The first-order valence-corrected chi connectivity index (χ1v) is 6.70. The molecule has 2 aromatic carbocycles. The lowest BCUT2D eigenvalue weighted by Crippen LogP contribution is -2.41. The van der Waals surface area contributed by atoms with Gasteiger partial charge in [0, 0.05) is 17.7 Å². The maximum atomic E-state index is 6.03. The highest BCUT2D eigenvalue weighted by molar-refractivity contribution is 5.62. The van der Waals surface area contributed by atoms with E-state index in [-0.39, 0.29) is 0 Å². The Bertz CT molecular complexity index is 708. The maximum Gasteiger partial charge on any atom is 0.213 e. The molecule has 20 heavy (non-hydrogen) atoms. The molecule has 0 fully saturated rings. The summed E-state index contributed by atoms with van der Waals surface area (Å²) in [5, 5.41) is 3.52. The van der Waals surface area contributed by atoms with Gasteiger partial charge in [-0.15, -0.1) is 0 Å². The Balaban J connectivity index is 1.96. The molecule has 3 heteroatoms. The van der Waals surface area contributed by atoms with Crippen LogP contribution in [-0.4, -0.2) is 7.11 Å². The van der Waals surface area contributed by atoms with Crippen molar-refractivity contribution in [3.8, 4) is 5.75 Å². The lowest BCUT2D eigenvalue weighted by molar-refractivity contribution is 0.0315. The van der Waals surface area contributed by atoms with Crippen molar-refractivity contribution in [2.75, 3.05) is 7.11 Å². The van der Waals surface area contributed by atoms with Crippen LogP contribution in [0.2, 0.25) is 0 Å². The maximum absolute atomic E-state index is 6.03. The van der Waals surface area contributed by atoms with Crippen molar-refractivity contribution in [2.24, 2.45) is 0 Å². The Kier molecular flexibility index (Phi) is 2.38. The lowest BCUT2D eigenvalue weighted by atomic mass is 9.89. The largest absolute Gasteiger partial charge is 0.497 e. The van der Waals surface area contributed by atoms with E-state index in [1.807, 2.05) is 18.2 Å². The average Bonchev–Trinajstić information content (AvgIpc) is 2.87. The van der Waals surface area contributed by atoms with Crippen LogP contribution in [0.3, 0.4) is 0 Å². The highest BCUT2D eigenvalue weighted by atomic mass is 16.5. The highest BCUT2D eigenvalue weighted by Gasteiger charge is 2.44. The fourth-order valence-corrected chi connectivity index (χ4v) is 3.06. The lowest BCUT2D eigenvalue weighted by Gasteiger charge is -2.34. The summed E-state index contributed by atoms with van der Waals surface area (Å²) in [5.41, 5.74) is 4.12. The molecule has 0 radical (unpaired) electrons. The molecular formula is C17H15NO2. The molecular weight excluding hydrogens is 250 g/mol. The fourth-order valence-electron chi connectivity index (χ4n) is 3.06. The average molecular weight is 265 g/mol. The molecule has 100 valence electrons. The van der Waals surface area contributed by atoms with Gasteiger partial charge in [-0.05, 0) is 29.3 Å². The molecule has 1 N–H and O–H groups in total. The second kappa shape index (κ2) is 4.12. The van der Waals surface area contributed by atoms with Gasteiger partial charge in [0.1, 0.15) is 5.75 Å². The first-order valence-electron chi connectivity index (χ1n) is 6.70. The Morgan fingerprint density at radius 2 is 2.05 bits per heavy atom. The molecule has 1 unspecified atom stereocenters. The third-order valence-corrected chi connectivity index (χ3v) is 4.06. The van der Waals surface area contributed by atoms with E-state index < -0.39 is 5.72 Å². The van der Waals surface area contributed by atoms with Gasteiger partial charge in [-0.25, -0.2) is 0 Å². The molecule has 0 bridgehead atoms. The number of ether oxygens (including phenoxy) is 2. The van der Waals surface area contributed by atoms with E-state index in [4.69, 9.17) is 9.47 Å². The molecule has 2 aliphatic rings. The molecule has 0 saturated carbocycles. The van der Waals surface area contributed by atoms with Gasteiger partial charge in [-0.2, -0.15) is 0 Å². The third-order valence-electron chi connectivity index (χ3n) is 4.06. The normalized spacial score (nSPS) is 22.2. The van der Waals surface area contributed by atoms with Crippen LogP contribution in [0.5, 0.6) is 5.75 Å². The fraction of sp³-hybridized carbons (Fsp3) is 0.176. The van der Waals surface area contributed by atoms with E-state index in [1.165, 1.54) is 11.1 Å². The zero-order valence-corrected chi connectivity index (χ0v) is 11.2. The predicted molar refractivity (Wildman–Crippen MR) is 77.2 cm³/mol. The van der Waals surface area contributed by atoms with E-state index in [0.717, 1.165) is 23.4 Å². The Morgan fingerprint density at radius 1 is 1.15 bits per heavy atom. The summed E-state index contributed by atoms with van der Waals surface area (Å²) >= 11 is 0. The Labute approximate surface area is 117 Å². The van der Waals surface area contributed by atoms with E-state index in [1.54, 1.807) is 13.4 Å². The summed E-state index contributed by atoms with van der Waals surface area (Å²) in [7, 11) is 1.68. The summed E-state index contributed by atoms with van der Waals surface area (Å²) < 4.78 is 11.4. The van der Waals surface area contributed by atoms with Crippen molar-refractivity contribution < 1.29 is 9.47 Å². The number of rotatable bonds is 1. The molecule has 3 nitrogen and oxygen atoms in total. The van der Waals surface area contributed by atoms with Crippen LogP contribution in [0.1, 0.15) is 22.3 Å². The molecule has 0 aliphatic carbocycles. The zero-order chi connectivity index (χ0) is 13.6. The molecule has 1 atom stereocenters. The van der Waals surface area contributed by atoms with Crippen molar-refractivity contribution >= 4 is 6.08 Å². The van der Waals surface area contributed by atoms with Gasteiger partial charge in [-0.1, -0.05) is 30.3 Å². The van der Waals surface area contributed by atoms with E-state index in [0.29, 0.717) is 0 Å². The number of hydrogen-bond acceptors (Lipinski definition) is 3. The third kappa shape index (κ3) is 1.44. The highest BCUT2D eigenvalue weighted by Crippen LogP contribution is 2.43. The molecule has 2 heterocycles. The monoisotopic (exact) mass is 265 g/mol. The van der Waals surface area contributed by atoms with Gasteiger partial charge >= 0.3 is 0 Å². The summed E-state index contributed by atoms with van der Waals surface area (Å²) in [4.78, 5) is 0. The zero-order valence-electron chi connectivity index (χ0n) is 11.2. The molecule has 0 amide bonds. The van der Waals surface area contributed by atoms with Gasteiger partial charge in [-0.3, -0.25) is 5.32 Å². The quantitative estimate of drug-likeness (QED) is 0.859. The molecule has 2 aliphatic heterocycles. The number of benzene rings is 2. The van der Waals surface area contributed by atoms with Crippen LogP contribution in [0.4, 0.5) is 0 Å². The summed E-state index contributed by atoms with van der Waals surface area (Å²) in [6, 6.07) is 14.5. The van der Waals surface area contributed by atoms with E-state index in [2.05, 4.69) is 35.6 Å². The van der Waals surface area contributed by atoms with Crippen molar-refractivity contribution in [1.82, 2.24) is 5.32 Å². The smallest absolute Gasteiger partial charge is 0.213 e. The van der Waals surface area contributed by atoms with Crippen molar-refractivity contribution in [3.05, 3.63) is 71.0 Å². The predicted octanol–water partition coefficient (Wildman–Crippen LogP) is 3.00. The Hall–Kier alpha value is -2.26. The van der Waals surface area contributed by atoms with Crippen LogP contribution >= 0.6 is 0 Å². The first-order chi connectivity index (χ1) is 9.83. The number of methoxy groups -OCH3 is 1.